The molecule has 0 spiro atoms. The summed E-state index contributed by atoms with van der Waals surface area (Å²) in [6, 6.07) is 0. The number of hydrogen-bond acceptors (Lipinski definition) is 8. The smallest absolute Gasteiger partial charge is 0.404 e. The van der Waals surface area contributed by atoms with Gasteiger partial charge in [0.05, 0.1) is 0 Å². The molecule has 0 saturated carbocycles. The molecule has 1 rings (SSSR count). The molecule has 5 atom stereocenters. The molecule has 0 unspecified atom stereocenters. The highest BCUT2D eigenvalue weighted by Gasteiger charge is 2.44. The Kier molecular flexibility index (Phi) is 9.06. The van der Waals surface area contributed by atoms with E-state index in [0.29, 0.717) is 6.54 Å². The van der Waals surface area contributed by atoms with Crippen LogP contribution in [-0.4, -0.2) is 70.2 Å². The summed E-state index contributed by atoms with van der Waals surface area (Å²) in [6.07, 6.45) is -1.77. The van der Waals surface area contributed by atoms with Gasteiger partial charge in [-0.1, -0.05) is 12.8 Å². The summed E-state index contributed by atoms with van der Waals surface area (Å²) in [5, 5.41) is 29.6. The van der Waals surface area contributed by atoms with E-state index in [-0.39, 0.29) is 6.61 Å². The van der Waals surface area contributed by atoms with Crippen molar-refractivity contribution < 1.29 is 29.6 Å². The van der Waals surface area contributed by atoms with Gasteiger partial charge < -0.3 is 36.3 Å². The Labute approximate surface area is 134 Å². The number of carbonyl (C=O) groups is 1. The van der Waals surface area contributed by atoms with Crippen LogP contribution in [-0.2, 0) is 9.47 Å². The van der Waals surface area contributed by atoms with E-state index in [0.717, 1.165) is 31.4 Å². The van der Waals surface area contributed by atoms with Crippen LogP contribution in [0, 0.1) is 0 Å². The first-order valence-electron chi connectivity index (χ1n) is 7.41. The van der Waals surface area contributed by atoms with Gasteiger partial charge in [-0.25, -0.2) is 4.79 Å². The Morgan fingerprint density at radius 1 is 1.09 bits per heavy atom. The van der Waals surface area contributed by atoms with Gasteiger partial charge in [-0.3, -0.25) is 0 Å². The molecule has 0 radical (unpaired) electrons. The Morgan fingerprint density at radius 3 is 2.41 bits per heavy atom. The first kappa shape index (κ1) is 19.5. The molecule has 0 aromatic carbocycles. The minimum absolute atomic E-state index is 0.270. The first-order chi connectivity index (χ1) is 10.5. The summed E-state index contributed by atoms with van der Waals surface area (Å²) in [6.45, 7) is 0.414. The fourth-order valence-corrected chi connectivity index (χ4v) is 3.34. The zero-order valence-corrected chi connectivity index (χ0v) is 13.3. The standard InChI is InChI=1S/C13H26N2O6S/c14-5-3-1-2-4-6-22-12-11(18)10(17)9(16)8(21-12)7-20-13(15)19/h8-12,16-18H,1-7,14H2,(H2,15,19)/t8-,9-,10+,11+,12-/m1/s1. The maximum atomic E-state index is 10.6. The monoisotopic (exact) mass is 338 g/mol. The number of nitrogens with two attached hydrogens (primary N) is 2. The summed E-state index contributed by atoms with van der Waals surface area (Å²) in [5.41, 5.74) is 9.60. The Bertz CT molecular complexity index is 336. The first-order valence-corrected chi connectivity index (χ1v) is 8.45. The summed E-state index contributed by atoms with van der Waals surface area (Å²) in [4.78, 5) is 10.6. The van der Waals surface area contributed by atoms with Crippen molar-refractivity contribution in [1.82, 2.24) is 0 Å². The highest BCUT2D eigenvalue weighted by molar-refractivity contribution is 7.99. The van der Waals surface area contributed by atoms with E-state index in [2.05, 4.69) is 4.74 Å². The molecule has 1 heterocycles. The van der Waals surface area contributed by atoms with Crippen LogP contribution in [0.15, 0.2) is 0 Å². The van der Waals surface area contributed by atoms with Gasteiger partial charge in [0.1, 0.15) is 36.5 Å². The number of thioether (sulfide) groups is 1. The minimum atomic E-state index is -1.36. The highest BCUT2D eigenvalue weighted by Crippen LogP contribution is 2.29. The van der Waals surface area contributed by atoms with E-state index < -0.39 is 35.9 Å². The van der Waals surface area contributed by atoms with Gasteiger partial charge in [0, 0.05) is 0 Å². The van der Waals surface area contributed by atoms with E-state index >= 15 is 0 Å². The molecular weight excluding hydrogens is 312 g/mol. The van der Waals surface area contributed by atoms with Crippen molar-refractivity contribution in [2.75, 3.05) is 18.9 Å². The molecule has 0 aromatic heterocycles. The molecule has 8 nitrogen and oxygen atoms in total. The lowest BCUT2D eigenvalue weighted by molar-refractivity contribution is -0.205. The maximum absolute atomic E-state index is 10.6. The van der Waals surface area contributed by atoms with Crippen LogP contribution < -0.4 is 11.5 Å². The summed E-state index contributed by atoms with van der Waals surface area (Å²) in [5.74, 6) is 0.749. The lowest BCUT2D eigenvalue weighted by Gasteiger charge is -2.40. The SMILES string of the molecule is NCCCCCCS[C@H]1O[C@H](COC(N)=O)[C@@H](O)[C@H](O)[C@@H]1O. The predicted octanol–water partition coefficient (Wildman–Crippen LogP) is -0.858. The van der Waals surface area contributed by atoms with Crippen molar-refractivity contribution >= 4 is 17.9 Å². The van der Waals surface area contributed by atoms with Crippen molar-refractivity contribution in [3.8, 4) is 0 Å². The molecule has 7 N–H and O–H groups in total. The molecule has 1 fully saturated rings. The topological polar surface area (TPSA) is 148 Å². The van der Waals surface area contributed by atoms with Gasteiger partial charge in [0.2, 0.25) is 0 Å². The molecule has 0 aliphatic carbocycles. The van der Waals surface area contributed by atoms with E-state index in [1.165, 1.54) is 11.8 Å². The van der Waals surface area contributed by atoms with Crippen LogP contribution in [0.3, 0.4) is 0 Å². The van der Waals surface area contributed by atoms with Crippen LogP contribution in [0.25, 0.3) is 0 Å². The number of primary amides is 1. The molecule has 1 saturated heterocycles. The second-order valence-electron chi connectivity index (χ2n) is 5.22. The van der Waals surface area contributed by atoms with Crippen LogP contribution in [0.2, 0.25) is 0 Å². The molecular formula is C13H26N2O6S. The number of amides is 1. The number of aliphatic hydroxyl groups is 3. The average Bonchev–Trinajstić information content (AvgIpc) is 2.49. The lowest BCUT2D eigenvalue weighted by atomic mass is 10.0. The van der Waals surface area contributed by atoms with Crippen molar-refractivity contribution in [1.29, 1.82) is 0 Å². The fraction of sp³-hybridized carbons (Fsp3) is 0.923. The molecule has 1 aliphatic heterocycles. The van der Waals surface area contributed by atoms with Crippen LogP contribution in [0.5, 0.6) is 0 Å². The van der Waals surface area contributed by atoms with Crippen molar-refractivity contribution in [2.24, 2.45) is 11.5 Å². The lowest BCUT2D eigenvalue weighted by Crippen LogP contribution is -2.58. The summed E-state index contributed by atoms with van der Waals surface area (Å²) < 4.78 is 10.1. The average molecular weight is 338 g/mol. The summed E-state index contributed by atoms with van der Waals surface area (Å²) in [7, 11) is 0. The van der Waals surface area contributed by atoms with Gasteiger partial charge in [-0.05, 0) is 25.1 Å². The summed E-state index contributed by atoms with van der Waals surface area (Å²) >= 11 is 1.36. The van der Waals surface area contributed by atoms with Gasteiger partial charge in [-0.15, -0.1) is 11.8 Å². The number of ether oxygens (including phenoxy) is 2. The van der Waals surface area contributed by atoms with Crippen molar-refractivity contribution in [3.63, 3.8) is 0 Å². The molecule has 0 aromatic rings. The largest absolute Gasteiger partial charge is 0.447 e. The second-order valence-corrected chi connectivity index (χ2v) is 6.42. The van der Waals surface area contributed by atoms with Gasteiger partial charge in [-0.2, -0.15) is 0 Å². The normalized spacial score (nSPS) is 31.9. The Balaban J connectivity index is 2.38. The van der Waals surface area contributed by atoms with Crippen LogP contribution in [0.1, 0.15) is 25.7 Å². The number of aliphatic hydroxyl groups excluding tert-OH is 3. The fourth-order valence-electron chi connectivity index (χ4n) is 2.16. The molecule has 1 aliphatic rings. The number of hydrogen-bond donors (Lipinski definition) is 5. The van der Waals surface area contributed by atoms with E-state index in [9.17, 15) is 20.1 Å². The quantitative estimate of drug-likeness (QED) is 0.341. The van der Waals surface area contributed by atoms with E-state index in [1.807, 2.05) is 0 Å². The van der Waals surface area contributed by atoms with Gasteiger partial charge in [0.15, 0.2) is 0 Å². The minimum Gasteiger partial charge on any atom is -0.447 e. The highest BCUT2D eigenvalue weighted by atomic mass is 32.2. The van der Waals surface area contributed by atoms with Gasteiger partial charge in [0.25, 0.3) is 0 Å². The van der Waals surface area contributed by atoms with Crippen LogP contribution in [0.4, 0.5) is 4.79 Å². The number of carbonyl (C=O) groups excluding carboxylic acids is 1. The molecule has 0 bridgehead atoms. The third kappa shape index (κ3) is 6.27. The van der Waals surface area contributed by atoms with Crippen molar-refractivity contribution in [3.05, 3.63) is 0 Å². The Morgan fingerprint density at radius 2 is 1.77 bits per heavy atom. The molecule has 130 valence electrons. The predicted molar refractivity (Wildman–Crippen MR) is 82.2 cm³/mol. The Hall–Kier alpha value is -0.580. The number of unbranched alkanes of at least 4 members (excludes halogenated alkanes) is 3. The molecule has 1 amide bonds. The zero-order valence-electron chi connectivity index (χ0n) is 12.5. The third-order valence-corrected chi connectivity index (χ3v) is 4.68. The van der Waals surface area contributed by atoms with Gasteiger partial charge >= 0.3 is 6.09 Å². The molecule has 9 heteroatoms. The zero-order chi connectivity index (χ0) is 16.5. The van der Waals surface area contributed by atoms with Crippen LogP contribution >= 0.6 is 11.8 Å². The number of rotatable bonds is 9. The third-order valence-electron chi connectivity index (χ3n) is 3.44. The maximum Gasteiger partial charge on any atom is 0.404 e. The van der Waals surface area contributed by atoms with E-state index in [4.69, 9.17) is 16.2 Å². The van der Waals surface area contributed by atoms with Crippen molar-refractivity contribution in [2.45, 2.75) is 55.5 Å². The molecule has 22 heavy (non-hydrogen) atoms. The van der Waals surface area contributed by atoms with E-state index in [1.54, 1.807) is 0 Å². The second kappa shape index (κ2) is 10.2.